The first kappa shape index (κ1) is 11.6. The molecule has 1 aromatic heterocycles. The minimum absolute atomic E-state index is 0.0712. The standard InChI is InChI=1S/C11H16N4O2/c1-10(16)13-4-2-5-14(8-7-13)11(17)15-6-3-12-9-15/h3,6,9H,2,4-5,7-8H2,1H3. The van der Waals surface area contributed by atoms with Crippen LogP contribution in [-0.2, 0) is 4.79 Å². The first-order valence-electron chi connectivity index (χ1n) is 5.71. The van der Waals surface area contributed by atoms with Crippen LogP contribution in [0.3, 0.4) is 0 Å². The van der Waals surface area contributed by atoms with Crippen molar-refractivity contribution in [2.75, 3.05) is 26.2 Å². The van der Waals surface area contributed by atoms with Crippen molar-refractivity contribution in [1.82, 2.24) is 19.4 Å². The maximum Gasteiger partial charge on any atom is 0.329 e. The van der Waals surface area contributed by atoms with Gasteiger partial charge < -0.3 is 9.80 Å². The second-order valence-corrected chi connectivity index (χ2v) is 4.10. The van der Waals surface area contributed by atoms with E-state index in [0.717, 1.165) is 13.0 Å². The van der Waals surface area contributed by atoms with Gasteiger partial charge in [0.25, 0.3) is 0 Å². The van der Waals surface area contributed by atoms with E-state index >= 15 is 0 Å². The van der Waals surface area contributed by atoms with Gasteiger partial charge in [-0.2, -0.15) is 0 Å². The van der Waals surface area contributed by atoms with E-state index in [4.69, 9.17) is 0 Å². The number of carbonyl (C=O) groups is 2. The molecule has 6 heteroatoms. The fraction of sp³-hybridized carbons (Fsp3) is 0.545. The largest absolute Gasteiger partial charge is 0.341 e. The molecular weight excluding hydrogens is 220 g/mol. The Hall–Kier alpha value is -1.85. The van der Waals surface area contributed by atoms with Crippen molar-refractivity contribution in [3.8, 4) is 0 Å². The SMILES string of the molecule is CC(=O)N1CCCN(C(=O)n2ccnc2)CC1. The quantitative estimate of drug-likeness (QED) is 0.655. The van der Waals surface area contributed by atoms with Crippen molar-refractivity contribution in [3.05, 3.63) is 18.7 Å². The third kappa shape index (κ3) is 2.64. The van der Waals surface area contributed by atoms with Gasteiger partial charge in [0.05, 0.1) is 0 Å². The summed E-state index contributed by atoms with van der Waals surface area (Å²) in [6.45, 7) is 4.16. The van der Waals surface area contributed by atoms with E-state index < -0.39 is 0 Å². The van der Waals surface area contributed by atoms with Crippen molar-refractivity contribution < 1.29 is 9.59 Å². The zero-order valence-corrected chi connectivity index (χ0v) is 9.87. The molecule has 1 aliphatic rings. The number of hydrogen-bond acceptors (Lipinski definition) is 3. The summed E-state index contributed by atoms with van der Waals surface area (Å²) in [5, 5.41) is 0. The highest BCUT2D eigenvalue weighted by molar-refractivity contribution is 5.77. The highest BCUT2D eigenvalue weighted by Crippen LogP contribution is 2.05. The van der Waals surface area contributed by atoms with Crippen molar-refractivity contribution >= 4 is 11.9 Å². The van der Waals surface area contributed by atoms with Gasteiger partial charge in [-0.1, -0.05) is 0 Å². The lowest BCUT2D eigenvalue weighted by Crippen LogP contribution is -2.38. The average Bonchev–Trinajstić information content (AvgIpc) is 2.71. The number of carbonyl (C=O) groups excluding carboxylic acids is 2. The van der Waals surface area contributed by atoms with Gasteiger partial charge in [-0.25, -0.2) is 9.78 Å². The number of rotatable bonds is 0. The summed E-state index contributed by atoms with van der Waals surface area (Å²) >= 11 is 0. The summed E-state index contributed by atoms with van der Waals surface area (Å²) in [6.07, 6.45) is 5.53. The fourth-order valence-corrected chi connectivity index (χ4v) is 1.96. The molecule has 0 atom stereocenters. The number of hydrogen-bond donors (Lipinski definition) is 0. The van der Waals surface area contributed by atoms with E-state index in [1.54, 1.807) is 29.1 Å². The van der Waals surface area contributed by atoms with Crippen LogP contribution in [0.2, 0.25) is 0 Å². The average molecular weight is 236 g/mol. The van der Waals surface area contributed by atoms with Crippen LogP contribution in [0.5, 0.6) is 0 Å². The van der Waals surface area contributed by atoms with Crippen LogP contribution >= 0.6 is 0 Å². The van der Waals surface area contributed by atoms with Crippen LogP contribution < -0.4 is 0 Å². The molecule has 0 spiro atoms. The van der Waals surface area contributed by atoms with E-state index in [1.165, 1.54) is 10.9 Å². The van der Waals surface area contributed by atoms with Crippen LogP contribution in [0.1, 0.15) is 13.3 Å². The fourth-order valence-electron chi connectivity index (χ4n) is 1.96. The smallest absolute Gasteiger partial charge is 0.329 e. The Balaban J connectivity index is 1.99. The topological polar surface area (TPSA) is 58.4 Å². The molecule has 0 aromatic carbocycles. The Morgan fingerprint density at radius 1 is 1.12 bits per heavy atom. The van der Waals surface area contributed by atoms with Gasteiger partial charge in [-0.15, -0.1) is 0 Å². The Kier molecular flexibility index (Phi) is 3.41. The molecule has 1 aliphatic heterocycles. The Labute approximate surface area is 99.8 Å². The number of nitrogens with zero attached hydrogens (tertiary/aromatic N) is 4. The molecule has 0 aliphatic carbocycles. The van der Waals surface area contributed by atoms with Crippen molar-refractivity contribution in [3.63, 3.8) is 0 Å². The lowest BCUT2D eigenvalue weighted by Gasteiger charge is -2.21. The highest BCUT2D eigenvalue weighted by Gasteiger charge is 2.20. The van der Waals surface area contributed by atoms with Crippen LogP contribution in [-0.4, -0.2) is 57.5 Å². The zero-order valence-electron chi connectivity index (χ0n) is 9.87. The van der Waals surface area contributed by atoms with Crippen LogP contribution in [0.4, 0.5) is 4.79 Å². The predicted octanol–water partition coefficient (Wildman–Crippen LogP) is 0.405. The summed E-state index contributed by atoms with van der Waals surface area (Å²) in [7, 11) is 0. The maximum absolute atomic E-state index is 12.0. The molecule has 17 heavy (non-hydrogen) atoms. The van der Waals surface area contributed by atoms with Gasteiger partial charge in [0, 0.05) is 45.5 Å². The minimum Gasteiger partial charge on any atom is -0.341 e. The monoisotopic (exact) mass is 236 g/mol. The Bertz CT molecular complexity index is 402. The second kappa shape index (κ2) is 4.99. The van der Waals surface area contributed by atoms with Gasteiger partial charge in [0.2, 0.25) is 5.91 Å². The third-order valence-corrected chi connectivity index (χ3v) is 2.94. The molecular formula is C11H16N4O2. The van der Waals surface area contributed by atoms with Crippen molar-refractivity contribution in [2.45, 2.75) is 13.3 Å². The summed E-state index contributed by atoms with van der Waals surface area (Å²) in [6, 6.07) is -0.0760. The van der Waals surface area contributed by atoms with Gasteiger partial charge >= 0.3 is 6.03 Å². The Morgan fingerprint density at radius 3 is 2.47 bits per heavy atom. The number of amides is 2. The van der Waals surface area contributed by atoms with Crippen LogP contribution in [0.15, 0.2) is 18.7 Å². The van der Waals surface area contributed by atoms with Crippen LogP contribution in [0.25, 0.3) is 0 Å². The molecule has 1 saturated heterocycles. The summed E-state index contributed by atoms with van der Waals surface area (Å²) < 4.78 is 1.46. The molecule has 0 unspecified atom stereocenters. The van der Waals surface area contributed by atoms with E-state index in [9.17, 15) is 9.59 Å². The molecule has 0 bridgehead atoms. The van der Waals surface area contributed by atoms with Crippen LogP contribution in [0, 0.1) is 0 Å². The number of aromatic nitrogens is 2. The maximum atomic E-state index is 12.0. The number of imidazole rings is 1. The van der Waals surface area contributed by atoms with Gasteiger partial charge in [0.1, 0.15) is 6.33 Å². The molecule has 2 amide bonds. The molecule has 2 rings (SSSR count). The van der Waals surface area contributed by atoms with E-state index in [0.29, 0.717) is 19.6 Å². The summed E-state index contributed by atoms with van der Waals surface area (Å²) in [5.41, 5.74) is 0. The molecule has 6 nitrogen and oxygen atoms in total. The van der Waals surface area contributed by atoms with Gasteiger partial charge in [-0.05, 0) is 6.42 Å². The highest BCUT2D eigenvalue weighted by atomic mass is 16.2. The van der Waals surface area contributed by atoms with Gasteiger partial charge in [-0.3, -0.25) is 9.36 Å². The molecule has 1 aromatic rings. The zero-order chi connectivity index (χ0) is 12.3. The lowest BCUT2D eigenvalue weighted by atomic mass is 10.4. The molecule has 0 radical (unpaired) electrons. The van der Waals surface area contributed by atoms with E-state index in [-0.39, 0.29) is 11.9 Å². The first-order valence-corrected chi connectivity index (χ1v) is 5.71. The minimum atomic E-state index is -0.0760. The first-order chi connectivity index (χ1) is 8.18. The van der Waals surface area contributed by atoms with E-state index in [2.05, 4.69) is 4.98 Å². The molecule has 1 fully saturated rings. The van der Waals surface area contributed by atoms with Crippen molar-refractivity contribution in [2.24, 2.45) is 0 Å². The summed E-state index contributed by atoms with van der Waals surface area (Å²) in [5.74, 6) is 0.0712. The van der Waals surface area contributed by atoms with Gasteiger partial charge in [0.15, 0.2) is 0 Å². The Morgan fingerprint density at radius 2 is 1.82 bits per heavy atom. The predicted molar refractivity (Wildman–Crippen MR) is 61.5 cm³/mol. The lowest BCUT2D eigenvalue weighted by molar-refractivity contribution is -0.128. The normalized spacial score (nSPS) is 16.8. The molecule has 0 saturated carbocycles. The molecule has 0 N–H and O–H groups in total. The third-order valence-electron chi connectivity index (χ3n) is 2.94. The molecule has 92 valence electrons. The summed E-state index contributed by atoms with van der Waals surface area (Å²) in [4.78, 5) is 30.7. The second-order valence-electron chi connectivity index (χ2n) is 4.10. The van der Waals surface area contributed by atoms with E-state index in [1.807, 2.05) is 0 Å². The van der Waals surface area contributed by atoms with Crippen molar-refractivity contribution in [1.29, 1.82) is 0 Å². The molecule has 2 heterocycles.